The first-order valence-corrected chi connectivity index (χ1v) is 7.03. The largest absolute Gasteiger partial charge is 0.507 e. The summed E-state index contributed by atoms with van der Waals surface area (Å²) >= 11 is 0. The van der Waals surface area contributed by atoms with Crippen molar-refractivity contribution in [2.24, 2.45) is 10.2 Å². The predicted molar refractivity (Wildman–Crippen MR) is 61.2 cm³/mol. The molecule has 0 unspecified atom stereocenters. The summed E-state index contributed by atoms with van der Waals surface area (Å²) in [4.78, 5) is 21.8. The van der Waals surface area contributed by atoms with E-state index in [0.717, 1.165) is 25.3 Å². The monoisotopic (exact) mass is 246 g/mol. The molecule has 0 aliphatic carbocycles. The van der Waals surface area contributed by atoms with Crippen molar-refractivity contribution in [1.29, 1.82) is 0 Å². The molecule has 0 atom stereocenters. The molecule has 0 saturated heterocycles. The Labute approximate surface area is 97.4 Å². The highest BCUT2D eigenvalue weighted by Gasteiger charge is 2.02. The summed E-state index contributed by atoms with van der Waals surface area (Å²) in [5.41, 5.74) is 0. The highest BCUT2D eigenvalue weighted by Crippen LogP contribution is 1.94. The number of carbonyl (C=O) groups excluding carboxylic acids is 2. The average molecular weight is 246 g/mol. The summed E-state index contributed by atoms with van der Waals surface area (Å²) in [6, 6.07) is 0.905. The number of rotatable bonds is 6. The van der Waals surface area contributed by atoms with Gasteiger partial charge >= 0.3 is 12.2 Å². The van der Waals surface area contributed by atoms with E-state index in [4.69, 9.17) is 4.43 Å². The second-order valence-corrected chi connectivity index (χ2v) is 4.54. The van der Waals surface area contributed by atoms with E-state index in [-0.39, 0.29) is 0 Å². The van der Waals surface area contributed by atoms with Crippen LogP contribution in [-0.4, -0.2) is 28.6 Å². The fourth-order valence-corrected chi connectivity index (χ4v) is 1.41. The molecule has 0 aromatic carbocycles. The molecule has 0 rings (SSSR count). The second-order valence-electron chi connectivity index (χ2n) is 3.14. The minimum Gasteiger partial charge on any atom is -0.507 e. The Bertz CT molecular complexity index is 222. The quantitative estimate of drug-likeness (QED) is 0.409. The van der Waals surface area contributed by atoms with Crippen LogP contribution in [0.15, 0.2) is 10.2 Å². The first-order chi connectivity index (χ1) is 7.70. The predicted octanol–water partition coefficient (Wildman–Crippen LogP) is 2.42. The smallest absolute Gasteiger partial charge is 0.452 e. The van der Waals surface area contributed by atoms with Crippen molar-refractivity contribution in [2.45, 2.75) is 39.2 Å². The van der Waals surface area contributed by atoms with Gasteiger partial charge in [-0.15, -0.1) is 0 Å². The van der Waals surface area contributed by atoms with Gasteiger partial charge in [0.25, 0.3) is 0 Å². The number of ether oxygens (including phenoxy) is 1. The van der Waals surface area contributed by atoms with E-state index in [0.29, 0.717) is 6.61 Å². The van der Waals surface area contributed by atoms with Crippen LogP contribution in [0.2, 0.25) is 6.04 Å². The molecule has 6 nitrogen and oxygen atoms in total. The molecule has 0 aliphatic heterocycles. The molecule has 0 aromatic rings. The van der Waals surface area contributed by atoms with Crippen molar-refractivity contribution in [3.63, 3.8) is 0 Å². The van der Waals surface area contributed by atoms with Crippen LogP contribution in [0.25, 0.3) is 0 Å². The molecule has 0 bridgehead atoms. The first-order valence-electron chi connectivity index (χ1n) is 5.46. The molecule has 0 aromatic heterocycles. The van der Waals surface area contributed by atoms with Gasteiger partial charge in [-0.3, -0.25) is 0 Å². The molecule has 92 valence electrons. The van der Waals surface area contributed by atoms with Crippen molar-refractivity contribution in [3.8, 4) is 0 Å². The molecule has 0 fully saturated rings. The van der Waals surface area contributed by atoms with Crippen molar-refractivity contribution in [3.05, 3.63) is 0 Å². The molecule has 0 aliphatic rings. The third-order valence-electron chi connectivity index (χ3n) is 1.66. The van der Waals surface area contributed by atoms with Crippen LogP contribution >= 0.6 is 0 Å². The summed E-state index contributed by atoms with van der Waals surface area (Å²) in [5, 5.41) is 6.18. The molecule has 0 heterocycles. The number of nitrogens with zero attached hydrogens (tertiary/aromatic N) is 2. The van der Waals surface area contributed by atoms with E-state index >= 15 is 0 Å². The number of carbonyl (C=O) groups is 2. The summed E-state index contributed by atoms with van der Waals surface area (Å²) in [7, 11) is -0.856. The van der Waals surface area contributed by atoms with Gasteiger partial charge < -0.3 is 9.16 Å². The van der Waals surface area contributed by atoms with Gasteiger partial charge in [0.15, 0.2) is 0 Å². The summed E-state index contributed by atoms with van der Waals surface area (Å²) in [5.74, 6) is 0. The van der Waals surface area contributed by atoms with Crippen molar-refractivity contribution < 1.29 is 18.8 Å². The highest BCUT2D eigenvalue weighted by atomic mass is 28.2. The lowest BCUT2D eigenvalue weighted by Gasteiger charge is -1.98. The van der Waals surface area contributed by atoms with E-state index in [2.05, 4.69) is 15.0 Å². The Morgan fingerprint density at radius 2 is 1.81 bits per heavy atom. The van der Waals surface area contributed by atoms with Crippen LogP contribution in [0, 0.1) is 0 Å². The van der Waals surface area contributed by atoms with Crippen LogP contribution in [0.1, 0.15) is 33.1 Å². The van der Waals surface area contributed by atoms with Gasteiger partial charge in [0.2, 0.25) is 9.76 Å². The molecular formula is C9H18N2O4Si. The lowest BCUT2D eigenvalue weighted by Crippen LogP contribution is -2.05. The topological polar surface area (TPSA) is 77.3 Å². The van der Waals surface area contributed by atoms with Crippen LogP contribution in [0.5, 0.6) is 0 Å². The maximum Gasteiger partial charge on any atom is 0.452 e. The second kappa shape index (κ2) is 10.3. The molecule has 16 heavy (non-hydrogen) atoms. The van der Waals surface area contributed by atoms with E-state index < -0.39 is 21.9 Å². The number of azo groups is 1. The standard InChI is InChI=1S/C9H18N2O4Si/c1-3-5-6-14-8(12)10-11-9(13)15-16-7-4-2/h3-7,16H2,1-2H3. The summed E-state index contributed by atoms with van der Waals surface area (Å²) < 4.78 is 9.45. The molecule has 0 spiro atoms. The van der Waals surface area contributed by atoms with Gasteiger partial charge in [0.05, 0.1) is 6.61 Å². The Morgan fingerprint density at radius 3 is 2.44 bits per heavy atom. The summed E-state index contributed by atoms with van der Waals surface area (Å²) in [6.45, 7) is 4.28. The lowest BCUT2D eigenvalue weighted by atomic mass is 10.4. The minimum absolute atomic E-state index is 0.300. The number of hydrogen-bond acceptors (Lipinski definition) is 4. The maximum atomic E-state index is 10.9. The maximum absolute atomic E-state index is 10.9. The van der Waals surface area contributed by atoms with Crippen LogP contribution in [0.4, 0.5) is 9.59 Å². The highest BCUT2D eigenvalue weighted by molar-refractivity contribution is 6.30. The van der Waals surface area contributed by atoms with Gasteiger partial charge in [-0.05, 0) is 12.5 Å². The van der Waals surface area contributed by atoms with E-state index in [1.165, 1.54) is 0 Å². The third kappa shape index (κ3) is 9.32. The Balaban J connectivity index is 3.63. The minimum atomic E-state index is -0.856. The van der Waals surface area contributed by atoms with Crippen molar-refractivity contribution >= 4 is 21.9 Å². The van der Waals surface area contributed by atoms with Crippen LogP contribution in [-0.2, 0) is 9.16 Å². The van der Waals surface area contributed by atoms with Crippen LogP contribution < -0.4 is 0 Å². The zero-order valence-corrected chi connectivity index (χ0v) is 11.2. The molecule has 7 heteroatoms. The Morgan fingerprint density at radius 1 is 1.12 bits per heavy atom. The number of unbranched alkanes of at least 4 members (excludes halogenated alkanes) is 1. The van der Waals surface area contributed by atoms with Gasteiger partial charge in [-0.1, -0.05) is 36.9 Å². The summed E-state index contributed by atoms with van der Waals surface area (Å²) in [6.07, 6.45) is 1.04. The van der Waals surface area contributed by atoms with Crippen molar-refractivity contribution in [2.75, 3.05) is 6.61 Å². The fraction of sp³-hybridized carbons (Fsp3) is 0.778. The fourth-order valence-electron chi connectivity index (χ4n) is 0.747. The molecule has 0 N–H and O–H groups in total. The molecular weight excluding hydrogens is 228 g/mol. The lowest BCUT2D eigenvalue weighted by molar-refractivity contribution is 0.152. The van der Waals surface area contributed by atoms with E-state index in [1.54, 1.807) is 0 Å². The van der Waals surface area contributed by atoms with Gasteiger partial charge in [-0.25, -0.2) is 9.59 Å². The Kier molecular flexibility index (Phi) is 9.48. The van der Waals surface area contributed by atoms with E-state index in [9.17, 15) is 9.59 Å². The average Bonchev–Trinajstić information content (AvgIpc) is 2.27. The first kappa shape index (κ1) is 14.8. The number of hydrogen-bond donors (Lipinski definition) is 0. The van der Waals surface area contributed by atoms with Gasteiger partial charge in [0, 0.05) is 0 Å². The number of amides is 2. The van der Waals surface area contributed by atoms with Gasteiger partial charge in [-0.2, -0.15) is 0 Å². The third-order valence-corrected chi connectivity index (χ3v) is 3.11. The molecule has 2 amide bonds. The van der Waals surface area contributed by atoms with Gasteiger partial charge in [0.1, 0.15) is 0 Å². The van der Waals surface area contributed by atoms with E-state index in [1.807, 2.05) is 13.8 Å². The molecule has 0 saturated carbocycles. The molecule has 0 radical (unpaired) electrons. The Hall–Kier alpha value is -1.24. The normalized spacial score (nSPS) is 11.1. The zero-order chi connectivity index (χ0) is 12.2. The van der Waals surface area contributed by atoms with Crippen molar-refractivity contribution in [1.82, 2.24) is 0 Å². The zero-order valence-electron chi connectivity index (χ0n) is 9.77. The van der Waals surface area contributed by atoms with Crippen LogP contribution in [0.3, 0.4) is 0 Å². The SMILES string of the molecule is CCCCOC(=O)N=NC(=O)O[SiH2]CCC.